The number of hydrogen-bond acceptors (Lipinski definition) is 5. The molecular weight excluding hydrogens is 394 g/mol. The number of methoxy groups -OCH3 is 1. The monoisotopic (exact) mass is 419 g/mol. The first kappa shape index (κ1) is 21.1. The summed E-state index contributed by atoms with van der Waals surface area (Å²) in [6, 6.07) is 6.90. The number of rotatable bonds is 8. The summed E-state index contributed by atoms with van der Waals surface area (Å²) < 4.78 is 22.5. The lowest BCUT2D eigenvalue weighted by Crippen LogP contribution is -2.14. The topological polar surface area (TPSA) is 66.0 Å². The number of nitrogens with one attached hydrogen (secondary N) is 1. The van der Waals surface area contributed by atoms with Gasteiger partial charge >= 0.3 is 0 Å². The van der Waals surface area contributed by atoms with Crippen molar-refractivity contribution in [1.29, 1.82) is 0 Å². The van der Waals surface area contributed by atoms with E-state index in [0.29, 0.717) is 46.7 Å². The number of halogens is 1. The van der Waals surface area contributed by atoms with Crippen LogP contribution >= 0.6 is 11.6 Å². The van der Waals surface area contributed by atoms with Gasteiger partial charge in [-0.3, -0.25) is 4.79 Å². The molecule has 1 aliphatic heterocycles. The van der Waals surface area contributed by atoms with E-state index in [9.17, 15) is 4.79 Å². The Morgan fingerprint density at radius 3 is 2.69 bits per heavy atom. The lowest BCUT2D eigenvalue weighted by Gasteiger charge is -2.16. The zero-order chi connectivity index (χ0) is 21.0. The molecule has 0 radical (unpaired) electrons. The molecule has 0 fully saturated rings. The molecule has 1 heterocycles. The van der Waals surface area contributed by atoms with Crippen LogP contribution in [0.3, 0.4) is 0 Å². The molecule has 2 aromatic rings. The van der Waals surface area contributed by atoms with E-state index in [1.165, 1.54) is 7.11 Å². The summed E-state index contributed by atoms with van der Waals surface area (Å²) in [5.74, 6) is 1.88. The fourth-order valence-corrected chi connectivity index (χ4v) is 3.47. The third-order valence-corrected chi connectivity index (χ3v) is 4.77. The molecule has 1 amide bonds. The molecule has 1 aliphatic rings. The maximum absolute atomic E-state index is 12.9. The van der Waals surface area contributed by atoms with Crippen LogP contribution in [0.15, 0.2) is 24.3 Å². The summed E-state index contributed by atoms with van der Waals surface area (Å²) in [6.45, 7) is 6.90. The zero-order valence-corrected chi connectivity index (χ0v) is 17.9. The summed E-state index contributed by atoms with van der Waals surface area (Å²) in [7, 11) is 1.51. The van der Waals surface area contributed by atoms with Gasteiger partial charge in [-0.1, -0.05) is 18.5 Å². The Hall–Kier alpha value is -2.60. The average Bonchev–Trinajstić information content (AvgIpc) is 3.05. The molecule has 0 unspecified atom stereocenters. The predicted molar refractivity (Wildman–Crippen MR) is 113 cm³/mol. The Bertz CT molecular complexity index is 899. The number of fused-ring (bicyclic) bond motifs is 1. The van der Waals surface area contributed by atoms with Crippen LogP contribution in [0.1, 0.15) is 43.1 Å². The van der Waals surface area contributed by atoms with E-state index in [1.54, 1.807) is 18.2 Å². The van der Waals surface area contributed by atoms with Crippen molar-refractivity contribution in [3.63, 3.8) is 0 Å². The van der Waals surface area contributed by atoms with Crippen molar-refractivity contribution in [2.24, 2.45) is 0 Å². The summed E-state index contributed by atoms with van der Waals surface area (Å²) in [5.41, 5.74) is 1.97. The highest BCUT2D eigenvalue weighted by Crippen LogP contribution is 2.39. The first-order valence-electron chi connectivity index (χ1n) is 9.74. The summed E-state index contributed by atoms with van der Waals surface area (Å²) in [6.07, 6.45) is 1.75. The molecule has 156 valence electrons. The molecule has 0 aromatic heterocycles. The number of ether oxygens (including phenoxy) is 4. The zero-order valence-electron chi connectivity index (χ0n) is 17.1. The van der Waals surface area contributed by atoms with Gasteiger partial charge in [0.2, 0.25) is 0 Å². The lowest BCUT2D eigenvalue weighted by atomic mass is 10.1. The number of benzene rings is 2. The second kappa shape index (κ2) is 9.27. The van der Waals surface area contributed by atoms with Gasteiger partial charge in [-0.05, 0) is 38.5 Å². The fraction of sp³-hybridized carbons (Fsp3) is 0.409. The molecule has 29 heavy (non-hydrogen) atoms. The van der Waals surface area contributed by atoms with Crippen molar-refractivity contribution in [3.8, 4) is 23.0 Å². The van der Waals surface area contributed by atoms with Crippen LogP contribution < -0.4 is 24.3 Å². The normalized spacial score (nSPS) is 14.7. The van der Waals surface area contributed by atoms with Gasteiger partial charge in [-0.15, -0.1) is 0 Å². The molecule has 0 bridgehead atoms. The summed E-state index contributed by atoms with van der Waals surface area (Å²) >= 11 is 6.34. The molecule has 1 N–H and O–H groups in total. The van der Waals surface area contributed by atoms with Crippen molar-refractivity contribution in [2.75, 3.05) is 25.6 Å². The van der Waals surface area contributed by atoms with Crippen molar-refractivity contribution >= 4 is 23.2 Å². The maximum atomic E-state index is 12.9. The molecule has 7 heteroatoms. The van der Waals surface area contributed by atoms with Crippen molar-refractivity contribution in [2.45, 2.75) is 39.7 Å². The van der Waals surface area contributed by atoms with E-state index in [2.05, 4.69) is 5.32 Å². The smallest absolute Gasteiger partial charge is 0.255 e. The van der Waals surface area contributed by atoms with Crippen molar-refractivity contribution < 1.29 is 23.7 Å². The van der Waals surface area contributed by atoms with Crippen LogP contribution in [0.5, 0.6) is 23.0 Å². The van der Waals surface area contributed by atoms with Crippen LogP contribution in [0.4, 0.5) is 5.69 Å². The Morgan fingerprint density at radius 2 is 2.00 bits per heavy atom. The minimum Gasteiger partial charge on any atom is -0.493 e. The van der Waals surface area contributed by atoms with Crippen LogP contribution in [0.2, 0.25) is 5.02 Å². The molecule has 1 atom stereocenters. The predicted octanol–water partition coefficient (Wildman–Crippen LogP) is 5.11. The van der Waals surface area contributed by atoms with Gasteiger partial charge in [0.1, 0.15) is 17.6 Å². The van der Waals surface area contributed by atoms with Crippen LogP contribution in [0.25, 0.3) is 0 Å². The fourth-order valence-electron chi connectivity index (χ4n) is 3.20. The molecular formula is C22H26ClNO5. The summed E-state index contributed by atoms with van der Waals surface area (Å²) in [5, 5.41) is 3.22. The van der Waals surface area contributed by atoms with Gasteiger partial charge in [-0.25, -0.2) is 0 Å². The van der Waals surface area contributed by atoms with E-state index >= 15 is 0 Å². The van der Waals surface area contributed by atoms with E-state index in [1.807, 2.05) is 26.8 Å². The van der Waals surface area contributed by atoms with Crippen LogP contribution in [-0.4, -0.2) is 32.3 Å². The standard InChI is InChI=1S/C22H26ClNO5/c1-5-7-28-21-16(23)9-15(11-20(21)26-4)22(25)24-17-12-18-14(8-13(3)29-18)10-19(17)27-6-2/h9-13H,5-8H2,1-4H3,(H,24,25)/t13-/m1/s1. The lowest BCUT2D eigenvalue weighted by molar-refractivity contribution is 0.102. The molecule has 0 aliphatic carbocycles. The quantitative estimate of drug-likeness (QED) is 0.643. The first-order chi connectivity index (χ1) is 14.0. The summed E-state index contributed by atoms with van der Waals surface area (Å²) in [4.78, 5) is 12.9. The Morgan fingerprint density at radius 1 is 1.21 bits per heavy atom. The number of hydrogen-bond donors (Lipinski definition) is 1. The SMILES string of the molecule is CCCOc1c(Cl)cc(C(=O)Nc2cc3c(cc2OCC)C[C@@H](C)O3)cc1OC. The van der Waals surface area contributed by atoms with Crippen molar-refractivity contribution in [1.82, 2.24) is 0 Å². The largest absolute Gasteiger partial charge is 0.493 e. The Kier molecular flexibility index (Phi) is 6.75. The van der Waals surface area contributed by atoms with Gasteiger partial charge < -0.3 is 24.3 Å². The first-order valence-corrected chi connectivity index (χ1v) is 10.1. The number of amides is 1. The highest BCUT2D eigenvalue weighted by molar-refractivity contribution is 6.32. The van der Waals surface area contributed by atoms with Crippen LogP contribution in [-0.2, 0) is 6.42 Å². The van der Waals surface area contributed by atoms with Gasteiger partial charge in [0.25, 0.3) is 5.91 Å². The third kappa shape index (κ3) is 4.70. The number of anilines is 1. The molecule has 6 nitrogen and oxygen atoms in total. The molecule has 3 rings (SSSR count). The minimum absolute atomic E-state index is 0.101. The van der Waals surface area contributed by atoms with E-state index in [0.717, 1.165) is 24.2 Å². The highest BCUT2D eigenvalue weighted by atomic mass is 35.5. The Labute approximate surface area is 176 Å². The van der Waals surface area contributed by atoms with Gasteiger partial charge in [0.15, 0.2) is 11.5 Å². The highest BCUT2D eigenvalue weighted by Gasteiger charge is 2.23. The second-order valence-corrected chi connectivity index (χ2v) is 7.22. The van der Waals surface area contributed by atoms with Crippen LogP contribution in [0, 0.1) is 0 Å². The second-order valence-electron chi connectivity index (χ2n) is 6.81. The maximum Gasteiger partial charge on any atom is 0.255 e. The van der Waals surface area contributed by atoms with E-state index in [4.69, 9.17) is 30.5 Å². The van der Waals surface area contributed by atoms with Crippen molar-refractivity contribution in [3.05, 3.63) is 40.4 Å². The van der Waals surface area contributed by atoms with Gasteiger partial charge in [0.05, 0.1) is 31.0 Å². The molecule has 2 aromatic carbocycles. The molecule has 0 spiro atoms. The number of carbonyl (C=O) groups is 1. The number of carbonyl (C=O) groups excluding carboxylic acids is 1. The third-order valence-electron chi connectivity index (χ3n) is 4.49. The average molecular weight is 420 g/mol. The molecule has 0 saturated heterocycles. The van der Waals surface area contributed by atoms with Gasteiger partial charge in [0, 0.05) is 23.6 Å². The van der Waals surface area contributed by atoms with Gasteiger partial charge in [-0.2, -0.15) is 0 Å². The van der Waals surface area contributed by atoms with E-state index in [-0.39, 0.29) is 12.0 Å². The minimum atomic E-state index is -0.334. The Balaban J connectivity index is 1.88. The molecule has 0 saturated carbocycles. The van der Waals surface area contributed by atoms with E-state index < -0.39 is 0 Å².